The van der Waals surface area contributed by atoms with Crippen LogP contribution < -0.4 is 4.74 Å². The maximum atomic E-state index is 5.40. The van der Waals surface area contributed by atoms with Gasteiger partial charge in [0.1, 0.15) is 11.5 Å². The summed E-state index contributed by atoms with van der Waals surface area (Å²) in [6.45, 7) is 0.727. The van der Waals surface area contributed by atoms with E-state index in [4.69, 9.17) is 19.7 Å². The van der Waals surface area contributed by atoms with Crippen molar-refractivity contribution < 1.29 is 4.74 Å². The molecule has 0 fully saturated rings. The van der Waals surface area contributed by atoms with Crippen molar-refractivity contribution in [1.82, 2.24) is 30.1 Å². The Labute approximate surface area is 189 Å². The Morgan fingerprint density at radius 1 is 1.00 bits per heavy atom. The molecular weight excluding hydrogens is 414 g/mol. The number of aromatic amines is 2. The summed E-state index contributed by atoms with van der Waals surface area (Å²) in [7, 11) is 1.66. The maximum Gasteiger partial charge on any atom is 0.159 e. The normalized spacial score (nSPS) is 13.4. The Kier molecular flexibility index (Phi) is 4.68. The van der Waals surface area contributed by atoms with Crippen molar-refractivity contribution in [1.29, 1.82) is 0 Å². The number of pyridine rings is 2. The minimum absolute atomic E-state index is 0.696. The molecule has 5 heterocycles. The SMILES string of the molecule is COc1cccc(-c2cncc3[nH]c(C4=NCCCc5ccc(-c6cn[nH]c6)nc54)nc23)c1. The van der Waals surface area contributed by atoms with Gasteiger partial charge in [0.15, 0.2) is 5.82 Å². The molecule has 1 aliphatic rings. The fourth-order valence-electron chi connectivity index (χ4n) is 4.22. The summed E-state index contributed by atoms with van der Waals surface area (Å²) in [6, 6.07) is 12.1. The minimum atomic E-state index is 0.696. The van der Waals surface area contributed by atoms with Crippen LogP contribution in [0.1, 0.15) is 23.5 Å². The molecule has 0 saturated heterocycles. The molecule has 0 amide bonds. The van der Waals surface area contributed by atoms with E-state index in [0.717, 1.165) is 70.0 Å². The summed E-state index contributed by atoms with van der Waals surface area (Å²) in [5.74, 6) is 1.49. The van der Waals surface area contributed by atoms with Crippen molar-refractivity contribution in [3.05, 3.63) is 78.3 Å². The highest BCUT2D eigenvalue weighted by atomic mass is 16.5. The Bertz CT molecular complexity index is 1480. The lowest BCUT2D eigenvalue weighted by Crippen LogP contribution is -2.11. The average Bonchev–Trinajstić information content (AvgIpc) is 3.50. The van der Waals surface area contributed by atoms with Gasteiger partial charge >= 0.3 is 0 Å². The monoisotopic (exact) mass is 435 g/mol. The summed E-state index contributed by atoms with van der Waals surface area (Å²) in [6.07, 6.45) is 9.14. The van der Waals surface area contributed by atoms with Crippen LogP contribution in [0.25, 0.3) is 33.4 Å². The van der Waals surface area contributed by atoms with Crippen molar-refractivity contribution in [3.8, 4) is 28.1 Å². The Morgan fingerprint density at radius 3 is 2.85 bits per heavy atom. The zero-order valence-electron chi connectivity index (χ0n) is 18.0. The molecule has 1 aromatic carbocycles. The highest BCUT2D eigenvalue weighted by Gasteiger charge is 2.21. The summed E-state index contributed by atoms with van der Waals surface area (Å²) in [5, 5.41) is 6.91. The largest absolute Gasteiger partial charge is 0.497 e. The molecule has 6 rings (SSSR count). The standard InChI is InChI=1S/C25H21N7O/c1-33-18-6-2-4-16(10-18)19-13-26-14-21-23(19)32-25(31-21)24-22-15(5-3-9-27-24)7-8-20(30-22)17-11-28-29-12-17/h2,4,6-8,10-14H,3,5,9H2,1H3,(H,28,29)(H,31,32). The molecular formula is C25H21N7O. The molecule has 5 aromatic rings. The number of hydrogen-bond donors (Lipinski definition) is 2. The molecule has 0 radical (unpaired) electrons. The van der Waals surface area contributed by atoms with Crippen LogP contribution >= 0.6 is 0 Å². The number of benzene rings is 1. The first-order valence-corrected chi connectivity index (χ1v) is 10.8. The highest BCUT2D eigenvalue weighted by Crippen LogP contribution is 2.30. The molecule has 162 valence electrons. The molecule has 0 aliphatic carbocycles. The Morgan fingerprint density at radius 2 is 1.97 bits per heavy atom. The lowest BCUT2D eigenvalue weighted by molar-refractivity contribution is 0.415. The van der Waals surface area contributed by atoms with Gasteiger partial charge in [-0.3, -0.25) is 15.1 Å². The van der Waals surface area contributed by atoms with Crippen LogP contribution in [0.3, 0.4) is 0 Å². The summed E-state index contributed by atoms with van der Waals surface area (Å²) in [4.78, 5) is 22.7. The quantitative estimate of drug-likeness (QED) is 0.440. The van der Waals surface area contributed by atoms with E-state index in [1.54, 1.807) is 19.5 Å². The highest BCUT2D eigenvalue weighted by molar-refractivity contribution is 6.12. The number of nitrogens with zero attached hydrogens (tertiary/aromatic N) is 5. The summed E-state index contributed by atoms with van der Waals surface area (Å²) in [5.41, 5.74) is 8.23. The molecule has 1 aliphatic heterocycles. The third kappa shape index (κ3) is 3.45. The van der Waals surface area contributed by atoms with Crippen LogP contribution in [0, 0.1) is 0 Å². The molecule has 0 saturated carbocycles. The molecule has 8 heteroatoms. The fraction of sp³-hybridized carbons (Fsp3) is 0.160. The molecule has 2 N–H and O–H groups in total. The van der Waals surface area contributed by atoms with Crippen LogP contribution in [0.15, 0.2) is 66.2 Å². The van der Waals surface area contributed by atoms with Gasteiger partial charge in [-0.15, -0.1) is 0 Å². The Balaban J connectivity index is 1.49. The second-order valence-electron chi connectivity index (χ2n) is 7.93. The third-order valence-electron chi connectivity index (χ3n) is 5.87. The zero-order chi connectivity index (χ0) is 22.2. The molecule has 4 aromatic heterocycles. The van der Waals surface area contributed by atoms with E-state index in [9.17, 15) is 0 Å². The minimum Gasteiger partial charge on any atom is -0.497 e. The Hall–Kier alpha value is -4.33. The van der Waals surface area contributed by atoms with E-state index in [1.165, 1.54) is 5.56 Å². The number of aromatic nitrogens is 6. The van der Waals surface area contributed by atoms with Gasteiger partial charge in [0.25, 0.3) is 0 Å². The van der Waals surface area contributed by atoms with Crippen molar-refractivity contribution in [2.45, 2.75) is 12.8 Å². The number of H-pyrrole nitrogens is 2. The first-order valence-electron chi connectivity index (χ1n) is 10.8. The first kappa shape index (κ1) is 19.4. The van der Waals surface area contributed by atoms with Crippen molar-refractivity contribution in [2.75, 3.05) is 13.7 Å². The van der Waals surface area contributed by atoms with Crippen molar-refractivity contribution in [2.24, 2.45) is 4.99 Å². The van der Waals surface area contributed by atoms with Gasteiger partial charge in [-0.2, -0.15) is 5.10 Å². The molecule has 0 unspecified atom stereocenters. The van der Waals surface area contributed by atoms with Gasteiger partial charge < -0.3 is 9.72 Å². The number of methoxy groups -OCH3 is 1. The van der Waals surface area contributed by atoms with E-state index < -0.39 is 0 Å². The number of ether oxygens (including phenoxy) is 1. The molecule has 33 heavy (non-hydrogen) atoms. The molecule has 0 spiro atoms. The molecule has 0 bridgehead atoms. The lowest BCUT2D eigenvalue weighted by Gasteiger charge is -2.08. The predicted molar refractivity (Wildman–Crippen MR) is 127 cm³/mol. The summed E-state index contributed by atoms with van der Waals surface area (Å²) < 4.78 is 5.40. The third-order valence-corrected chi connectivity index (χ3v) is 5.87. The van der Waals surface area contributed by atoms with Crippen LogP contribution in [0.2, 0.25) is 0 Å². The van der Waals surface area contributed by atoms with Gasteiger partial charge in [0, 0.05) is 30.1 Å². The van der Waals surface area contributed by atoms with Crippen LogP contribution in [0.4, 0.5) is 0 Å². The number of aliphatic imine (C=N–C) groups is 1. The van der Waals surface area contributed by atoms with Crippen LogP contribution in [-0.4, -0.2) is 49.5 Å². The first-order chi connectivity index (χ1) is 16.3. The van der Waals surface area contributed by atoms with Gasteiger partial charge in [0.05, 0.1) is 41.9 Å². The summed E-state index contributed by atoms with van der Waals surface area (Å²) >= 11 is 0. The molecule has 0 atom stereocenters. The van der Waals surface area contributed by atoms with E-state index in [2.05, 4.69) is 26.2 Å². The van der Waals surface area contributed by atoms with Crippen LogP contribution in [0.5, 0.6) is 5.75 Å². The zero-order valence-corrected chi connectivity index (χ0v) is 18.0. The van der Waals surface area contributed by atoms with Gasteiger partial charge in [-0.05, 0) is 42.2 Å². The van der Waals surface area contributed by atoms with Gasteiger partial charge in [0.2, 0.25) is 0 Å². The second kappa shape index (κ2) is 7.98. The topological polar surface area (TPSA) is 105 Å². The fourth-order valence-corrected chi connectivity index (χ4v) is 4.22. The molecule has 8 nitrogen and oxygen atoms in total. The lowest BCUT2D eigenvalue weighted by atomic mass is 10.0. The number of imidazole rings is 1. The van der Waals surface area contributed by atoms with Gasteiger partial charge in [-0.25, -0.2) is 9.97 Å². The van der Waals surface area contributed by atoms with Crippen molar-refractivity contribution >= 4 is 16.7 Å². The van der Waals surface area contributed by atoms with E-state index in [0.29, 0.717) is 5.82 Å². The van der Waals surface area contributed by atoms with Crippen LogP contribution in [-0.2, 0) is 6.42 Å². The van der Waals surface area contributed by atoms with E-state index in [1.807, 2.05) is 42.7 Å². The second-order valence-corrected chi connectivity index (χ2v) is 7.93. The predicted octanol–water partition coefficient (Wildman–Crippen LogP) is 4.20. The van der Waals surface area contributed by atoms with Gasteiger partial charge in [-0.1, -0.05) is 18.2 Å². The number of aryl methyl sites for hydroxylation is 1. The number of hydrogen-bond acceptors (Lipinski definition) is 6. The van der Waals surface area contributed by atoms with Crippen molar-refractivity contribution in [3.63, 3.8) is 0 Å². The number of nitrogens with one attached hydrogen (secondary N) is 2. The average molecular weight is 435 g/mol. The number of rotatable bonds is 4. The smallest absolute Gasteiger partial charge is 0.159 e. The van der Waals surface area contributed by atoms with E-state index in [-0.39, 0.29) is 0 Å². The maximum absolute atomic E-state index is 5.40. The number of fused-ring (bicyclic) bond motifs is 2. The van der Waals surface area contributed by atoms with E-state index >= 15 is 0 Å².